The van der Waals surface area contributed by atoms with Crippen molar-refractivity contribution in [3.8, 4) is 0 Å². The van der Waals surface area contributed by atoms with Crippen LogP contribution in [0.4, 0.5) is 5.69 Å². The summed E-state index contributed by atoms with van der Waals surface area (Å²) in [6, 6.07) is 15.3. The number of benzene rings is 2. The van der Waals surface area contributed by atoms with Crippen LogP contribution in [0.3, 0.4) is 0 Å². The number of nitrogens with one attached hydrogen (secondary N) is 2. The smallest absolute Gasteiger partial charge is 0.248 e. The SMILES string of the molecule is O=C(/C=C/c1ccccc1)Nc1ccc2nc[nH]c2c1. The fraction of sp³-hybridized carbons (Fsp3) is 0. The molecule has 1 aromatic heterocycles. The van der Waals surface area contributed by atoms with E-state index in [4.69, 9.17) is 0 Å². The highest BCUT2D eigenvalue weighted by atomic mass is 16.1. The largest absolute Gasteiger partial charge is 0.345 e. The highest BCUT2D eigenvalue weighted by Crippen LogP contribution is 2.15. The quantitative estimate of drug-likeness (QED) is 0.713. The lowest BCUT2D eigenvalue weighted by molar-refractivity contribution is -0.111. The van der Waals surface area contributed by atoms with Crippen LogP contribution in [-0.4, -0.2) is 15.9 Å². The minimum atomic E-state index is -0.160. The second kappa shape index (κ2) is 5.40. The summed E-state index contributed by atoms with van der Waals surface area (Å²) in [6.07, 6.45) is 4.93. The second-order valence-electron chi connectivity index (χ2n) is 4.37. The molecular weight excluding hydrogens is 250 g/mol. The van der Waals surface area contributed by atoms with E-state index >= 15 is 0 Å². The zero-order valence-electron chi connectivity index (χ0n) is 10.7. The Morgan fingerprint density at radius 2 is 2.00 bits per heavy atom. The summed E-state index contributed by atoms with van der Waals surface area (Å²) in [5.74, 6) is -0.160. The Kier molecular flexibility index (Phi) is 3.29. The maximum atomic E-state index is 11.8. The molecule has 20 heavy (non-hydrogen) atoms. The Morgan fingerprint density at radius 1 is 1.15 bits per heavy atom. The number of carbonyl (C=O) groups is 1. The number of nitrogens with zero attached hydrogens (tertiary/aromatic N) is 1. The highest BCUT2D eigenvalue weighted by molar-refractivity contribution is 6.02. The molecule has 4 nitrogen and oxygen atoms in total. The summed E-state index contributed by atoms with van der Waals surface area (Å²) in [4.78, 5) is 19.0. The number of imidazole rings is 1. The van der Waals surface area contributed by atoms with Gasteiger partial charge in [-0.15, -0.1) is 0 Å². The third kappa shape index (κ3) is 2.75. The van der Waals surface area contributed by atoms with Crippen molar-refractivity contribution in [1.82, 2.24) is 9.97 Å². The number of hydrogen-bond donors (Lipinski definition) is 2. The first-order valence-corrected chi connectivity index (χ1v) is 6.28. The molecule has 0 atom stereocenters. The lowest BCUT2D eigenvalue weighted by Crippen LogP contribution is -2.07. The van der Waals surface area contributed by atoms with Gasteiger partial charge in [0, 0.05) is 11.8 Å². The topological polar surface area (TPSA) is 57.8 Å². The first kappa shape index (κ1) is 12.2. The molecule has 98 valence electrons. The number of rotatable bonds is 3. The predicted octanol–water partition coefficient (Wildman–Crippen LogP) is 3.21. The summed E-state index contributed by atoms with van der Waals surface area (Å²) in [5, 5.41) is 2.82. The number of anilines is 1. The molecule has 0 spiro atoms. The van der Waals surface area contributed by atoms with E-state index in [1.54, 1.807) is 12.4 Å². The van der Waals surface area contributed by atoms with Gasteiger partial charge in [-0.25, -0.2) is 4.98 Å². The summed E-state index contributed by atoms with van der Waals surface area (Å²) in [5.41, 5.74) is 3.51. The van der Waals surface area contributed by atoms with E-state index in [-0.39, 0.29) is 5.91 Å². The van der Waals surface area contributed by atoms with Crippen molar-refractivity contribution in [1.29, 1.82) is 0 Å². The number of hydrogen-bond acceptors (Lipinski definition) is 2. The molecular formula is C16H13N3O. The van der Waals surface area contributed by atoms with Crippen molar-refractivity contribution in [2.75, 3.05) is 5.32 Å². The van der Waals surface area contributed by atoms with E-state index < -0.39 is 0 Å². The van der Waals surface area contributed by atoms with Gasteiger partial charge in [0.1, 0.15) is 0 Å². The lowest BCUT2D eigenvalue weighted by Gasteiger charge is -2.01. The average Bonchev–Trinajstić information content (AvgIpc) is 2.94. The first-order valence-electron chi connectivity index (χ1n) is 6.28. The molecule has 3 rings (SSSR count). The van der Waals surface area contributed by atoms with E-state index in [9.17, 15) is 4.79 Å². The van der Waals surface area contributed by atoms with Gasteiger partial charge in [0.25, 0.3) is 0 Å². The Hall–Kier alpha value is -2.88. The van der Waals surface area contributed by atoms with Crippen LogP contribution < -0.4 is 5.32 Å². The molecule has 0 saturated carbocycles. The van der Waals surface area contributed by atoms with Crippen LogP contribution in [0.1, 0.15) is 5.56 Å². The Morgan fingerprint density at radius 3 is 2.85 bits per heavy atom. The number of fused-ring (bicyclic) bond motifs is 1. The standard InChI is InChI=1S/C16H13N3O/c20-16(9-6-12-4-2-1-3-5-12)19-13-7-8-14-15(10-13)18-11-17-14/h1-11H,(H,17,18)(H,19,20)/b9-6+. The van der Waals surface area contributed by atoms with Gasteiger partial charge in [-0.3, -0.25) is 4.79 Å². The van der Waals surface area contributed by atoms with E-state index in [2.05, 4.69) is 15.3 Å². The molecule has 0 saturated heterocycles. The van der Waals surface area contributed by atoms with Crippen LogP contribution >= 0.6 is 0 Å². The van der Waals surface area contributed by atoms with Crippen LogP contribution in [-0.2, 0) is 4.79 Å². The Bertz CT molecular complexity index is 760. The minimum absolute atomic E-state index is 0.160. The molecule has 1 amide bonds. The van der Waals surface area contributed by atoms with Gasteiger partial charge in [0.15, 0.2) is 0 Å². The van der Waals surface area contributed by atoms with Gasteiger partial charge in [0.05, 0.1) is 17.4 Å². The number of aromatic amines is 1. The van der Waals surface area contributed by atoms with Gasteiger partial charge in [-0.1, -0.05) is 30.3 Å². The third-order valence-corrected chi connectivity index (χ3v) is 2.91. The summed E-state index contributed by atoms with van der Waals surface area (Å²) >= 11 is 0. The van der Waals surface area contributed by atoms with Crippen molar-refractivity contribution in [3.05, 3.63) is 66.5 Å². The highest BCUT2D eigenvalue weighted by Gasteiger charge is 2.00. The molecule has 3 aromatic rings. The van der Waals surface area contributed by atoms with Crippen LogP contribution in [0.15, 0.2) is 60.9 Å². The molecule has 4 heteroatoms. The molecule has 0 bridgehead atoms. The summed E-state index contributed by atoms with van der Waals surface area (Å²) in [6.45, 7) is 0. The van der Waals surface area contributed by atoms with Crippen molar-refractivity contribution in [2.45, 2.75) is 0 Å². The number of aromatic nitrogens is 2. The molecule has 0 aliphatic rings. The molecule has 0 aliphatic carbocycles. The molecule has 2 N–H and O–H groups in total. The summed E-state index contributed by atoms with van der Waals surface area (Å²) < 4.78 is 0. The maximum Gasteiger partial charge on any atom is 0.248 e. The van der Waals surface area contributed by atoms with E-state index in [0.29, 0.717) is 0 Å². The summed E-state index contributed by atoms with van der Waals surface area (Å²) in [7, 11) is 0. The van der Waals surface area contributed by atoms with Gasteiger partial charge in [-0.2, -0.15) is 0 Å². The van der Waals surface area contributed by atoms with Crippen LogP contribution in [0, 0.1) is 0 Å². The average molecular weight is 263 g/mol. The predicted molar refractivity (Wildman–Crippen MR) is 80.2 cm³/mol. The lowest BCUT2D eigenvalue weighted by atomic mass is 10.2. The van der Waals surface area contributed by atoms with E-state index in [1.807, 2.05) is 48.5 Å². The van der Waals surface area contributed by atoms with Gasteiger partial charge >= 0.3 is 0 Å². The fourth-order valence-electron chi connectivity index (χ4n) is 1.93. The van der Waals surface area contributed by atoms with Crippen LogP contribution in [0.25, 0.3) is 17.1 Å². The third-order valence-electron chi connectivity index (χ3n) is 2.91. The molecule has 0 aliphatic heterocycles. The second-order valence-corrected chi connectivity index (χ2v) is 4.37. The van der Waals surface area contributed by atoms with E-state index in [0.717, 1.165) is 22.3 Å². The minimum Gasteiger partial charge on any atom is -0.345 e. The van der Waals surface area contributed by atoms with Gasteiger partial charge in [-0.05, 0) is 29.8 Å². The van der Waals surface area contributed by atoms with Crippen molar-refractivity contribution < 1.29 is 4.79 Å². The van der Waals surface area contributed by atoms with Crippen LogP contribution in [0.2, 0.25) is 0 Å². The van der Waals surface area contributed by atoms with Gasteiger partial charge in [0.2, 0.25) is 5.91 Å². The zero-order valence-corrected chi connectivity index (χ0v) is 10.7. The number of amides is 1. The molecule has 0 unspecified atom stereocenters. The number of H-pyrrole nitrogens is 1. The Balaban J connectivity index is 1.70. The van der Waals surface area contributed by atoms with Crippen LogP contribution in [0.5, 0.6) is 0 Å². The van der Waals surface area contributed by atoms with Gasteiger partial charge < -0.3 is 10.3 Å². The fourth-order valence-corrected chi connectivity index (χ4v) is 1.93. The molecule has 0 fully saturated rings. The molecule has 1 heterocycles. The van der Waals surface area contributed by atoms with Crippen molar-refractivity contribution >= 4 is 28.7 Å². The first-order chi connectivity index (χ1) is 9.81. The zero-order chi connectivity index (χ0) is 13.8. The molecule has 2 aromatic carbocycles. The van der Waals surface area contributed by atoms with Crippen molar-refractivity contribution in [2.24, 2.45) is 0 Å². The number of carbonyl (C=O) groups excluding carboxylic acids is 1. The van der Waals surface area contributed by atoms with Crippen molar-refractivity contribution in [3.63, 3.8) is 0 Å². The maximum absolute atomic E-state index is 11.8. The van der Waals surface area contributed by atoms with E-state index in [1.165, 1.54) is 6.08 Å². The Labute approximate surface area is 116 Å². The monoisotopic (exact) mass is 263 g/mol. The normalized spacial score (nSPS) is 11.0. The molecule has 0 radical (unpaired) electrons.